The van der Waals surface area contributed by atoms with Crippen LogP contribution < -0.4 is 9.47 Å². The summed E-state index contributed by atoms with van der Waals surface area (Å²) in [5, 5.41) is 58.8. The van der Waals surface area contributed by atoms with Crippen molar-refractivity contribution in [1.29, 1.82) is 0 Å². The van der Waals surface area contributed by atoms with Crippen LogP contribution in [0.4, 0.5) is 0 Å². The van der Waals surface area contributed by atoms with E-state index in [2.05, 4.69) is 0 Å². The molecule has 3 rings (SSSR count). The third kappa shape index (κ3) is 4.05. The van der Waals surface area contributed by atoms with Crippen molar-refractivity contribution in [3.63, 3.8) is 0 Å². The van der Waals surface area contributed by atoms with E-state index in [0.29, 0.717) is 0 Å². The first-order valence-electron chi connectivity index (χ1n) is 8.53. The molecule has 1 saturated heterocycles. The highest BCUT2D eigenvalue weighted by Crippen LogP contribution is 2.38. The monoisotopic (exact) mass is 408 g/mol. The molecule has 2 aromatic rings. The van der Waals surface area contributed by atoms with Gasteiger partial charge in [0, 0.05) is 23.8 Å². The summed E-state index contributed by atoms with van der Waals surface area (Å²) in [4.78, 5) is 12.9. The van der Waals surface area contributed by atoms with Crippen LogP contribution in [0.2, 0.25) is 0 Å². The second-order valence-electron chi connectivity index (χ2n) is 6.41. The van der Waals surface area contributed by atoms with Gasteiger partial charge in [0.05, 0.1) is 13.7 Å². The molecule has 1 heterocycles. The molecule has 1 fully saturated rings. The van der Waals surface area contributed by atoms with Crippen molar-refractivity contribution in [3.8, 4) is 28.7 Å². The zero-order valence-corrected chi connectivity index (χ0v) is 15.2. The van der Waals surface area contributed by atoms with Gasteiger partial charge in [0.1, 0.15) is 52.6 Å². The first-order chi connectivity index (χ1) is 13.7. The summed E-state index contributed by atoms with van der Waals surface area (Å²) in [6.07, 6.45) is -5.51. The van der Waals surface area contributed by atoms with Crippen LogP contribution >= 0.6 is 0 Å². The molecule has 4 atom stereocenters. The van der Waals surface area contributed by atoms with Crippen LogP contribution in [0.1, 0.15) is 15.9 Å². The Kier molecular flexibility index (Phi) is 5.80. The lowest BCUT2D eigenvalue weighted by Gasteiger charge is -2.20. The Bertz CT molecular complexity index is 892. The molecule has 4 unspecified atom stereocenters. The minimum absolute atomic E-state index is 0.125. The van der Waals surface area contributed by atoms with Gasteiger partial charge in [-0.3, -0.25) is 4.79 Å². The Morgan fingerprint density at radius 2 is 1.69 bits per heavy atom. The van der Waals surface area contributed by atoms with Crippen LogP contribution in [0.25, 0.3) is 0 Å². The number of aromatic hydroxyl groups is 3. The number of aliphatic hydroxyl groups excluding tert-OH is 3. The van der Waals surface area contributed by atoms with E-state index in [9.17, 15) is 35.4 Å². The molecule has 1 aliphatic heterocycles. The zero-order valence-electron chi connectivity index (χ0n) is 15.2. The first kappa shape index (κ1) is 20.7. The molecular weight excluding hydrogens is 388 g/mol. The fraction of sp³-hybridized carbons (Fsp3) is 0.316. The average molecular weight is 408 g/mol. The van der Waals surface area contributed by atoms with Gasteiger partial charge in [0.15, 0.2) is 0 Å². The maximum Gasteiger partial charge on any atom is 0.229 e. The van der Waals surface area contributed by atoms with Gasteiger partial charge in [0.2, 0.25) is 12.1 Å². The molecular formula is C19H20O10. The minimum atomic E-state index is -1.53. The molecule has 10 nitrogen and oxygen atoms in total. The number of methoxy groups -OCH3 is 1. The highest BCUT2D eigenvalue weighted by molar-refractivity contribution is 6.13. The summed E-state index contributed by atoms with van der Waals surface area (Å²) < 4.78 is 15.8. The molecule has 0 aliphatic carbocycles. The number of phenolic OH excluding ortho intramolecular Hbond substituents is 3. The zero-order chi connectivity index (χ0) is 21.3. The smallest absolute Gasteiger partial charge is 0.229 e. The fourth-order valence-corrected chi connectivity index (χ4v) is 2.97. The number of hydrogen-bond donors (Lipinski definition) is 6. The van der Waals surface area contributed by atoms with E-state index in [4.69, 9.17) is 14.2 Å². The molecule has 0 radical (unpaired) electrons. The molecule has 1 aliphatic rings. The van der Waals surface area contributed by atoms with Gasteiger partial charge in [-0.25, -0.2) is 0 Å². The molecule has 10 heteroatoms. The highest BCUT2D eigenvalue weighted by atomic mass is 16.7. The number of ether oxygens (including phenoxy) is 3. The summed E-state index contributed by atoms with van der Waals surface area (Å²) in [7, 11) is 1.32. The third-order valence-corrected chi connectivity index (χ3v) is 4.42. The van der Waals surface area contributed by atoms with Crippen LogP contribution in [0.5, 0.6) is 28.7 Å². The number of ketones is 1. The predicted molar refractivity (Wildman–Crippen MR) is 96.3 cm³/mol. The van der Waals surface area contributed by atoms with E-state index in [1.807, 2.05) is 0 Å². The fourth-order valence-electron chi connectivity index (χ4n) is 2.97. The maximum atomic E-state index is 12.9. The van der Waals surface area contributed by atoms with Crippen molar-refractivity contribution in [2.24, 2.45) is 0 Å². The summed E-state index contributed by atoms with van der Waals surface area (Å²) in [6, 6.07) is 5.61. The molecule has 0 bridgehead atoms. The average Bonchev–Trinajstić information content (AvgIpc) is 2.94. The number of hydrogen-bond acceptors (Lipinski definition) is 10. The molecule has 0 aromatic heterocycles. The van der Waals surface area contributed by atoms with Crippen molar-refractivity contribution in [1.82, 2.24) is 0 Å². The van der Waals surface area contributed by atoms with E-state index in [1.165, 1.54) is 13.2 Å². The standard InChI is InChI=1S/C19H20O10/c1-27-11-5-12(23)15(16(24)8-2-9(21)4-10(22)3-8)13(6-11)28-19-18(26)17(25)14(7-20)29-19/h2-6,14,17-23,25-26H,7H2,1H3. The Morgan fingerprint density at radius 3 is 2.24 bits per heavy atom. The maximum absolute atomic E-state index is 12.9. The Balaban J connectivity index is 2.02. The quantitative estimate of drug-likeness (QED) is 0.354. The van der Waals surface area contributed by atoms with Crippen LogP contribution in [-0.4, -0.2) is 74.7 Å². The van der Waals surface area contributed by atoms with Gasteiger partial charge < -0.3 is 44.8 Å². The molecule has 6 N–H and O–H groups in total. The van der Waals surface area contributed by atoms with E-state index in [1.54, 1.807) is 0 Å². The predicted octanol–water partition coefficient (Wildman–Crippen LogP) is -0.139. The number of aliphatic hydroxyl groups is 3. The number of carbonyl (C=O) groups is 1. The second kappa shape index (κ2) is 8.13. The van der Waals surface area contributed by atoms with Crippen molar-refractivity contribution in [3.05, 3.63) is 41.5 Å². The largest absolute Gasteiger partial charge is 0.508 e. The van der Waals surface area contributed by atoms with Crippen LogP contribution in [0, 0.1) is 0 Å². The summed E-state index contributed by atoms with van der Waals surface area (Å²) >= 11 is 0. The number of rotatable bonds is 6. The first-order valence-corrected chi connectivity index (χ1v) is 8.53. The van der Waals surface area contributed by atoms with Crippen LogP contribution in [0.15, 0.2) is 30.3 Å². The summed E-state index contributed by atoms with van der Waals surface area (Å²) in [5.74, 6) is -2.19. The summed E-state index contributed by atoms with van der Waals surface area (Å²) in [6.45, 7) is -0.574. The normalized spacial score (nSPS) is 23.7. The van der Waals surface area contributed by atoms with Gasteiger partial charge in [-0.15, -0.1) is 0 Å². The van der Waals surface area contributed by atoms with Gasteiger partial charge >= 0.3 is 0 Å². The Morgan fingerprint density at radius 1 is 1.03 bits per heavy atom. The minimum Gasteiger partial charge on any atom is -0.508 e. The Labute approximate surface area is 164 Å². The van der Waals surface area contributed by atoms with E-state index in [0.717, 1.165) is 24.3 Å². The van der Waals surface area contributed by atoms with Crippen molar-refractivity contribution in [2.45, 2.75) is 24.6 Å². The Hall–Kier alpha value is -3.05. The molecule has 156 valence electrons. The lowest BCUT2D eigenvalue weighted by atomic mass is 10.0. The molecule has 0 saturated carbocycles. The SMILES string of the molecule is COc1cc(O)c(C(=O)c2cc(O)cc(O)c2)c(OC2OC(CO)C(O)C2O)c1. The van der Waals surface area contributed by atoms with Crippen LogP contribution in [0.3, 0.4) is 0 Å². The highest BCUT2D eigenvalue weighted by Gasteiger charge is 2.44. The van der Waals surface area contributed by atoms with Gasteiger partial charge in [0.25, 0.3) is 0 Å². The number of benzene rings is 2. The second-order valence-corrected chi connectivity index (χ2v) is 6.41. The third-order valence-electron chi connectivity index (χ3n) is 4.42. The topological polar surface area (TPSA) is 166 Å². The van der Waals surface area contributed by atoms with Gasteiger partial charge in [-0.05, 0) is 12.1 Å². The molecule has 29 heavy (non-hydrogen) atoms. The number of phenols is 3. The van der Waals surface area contributed by atoms with E-state index < -0.39 is 42.7 Å². The van der Waals surface area contributed by atoms with Gasteiger partial charge in [-0.1, -0.05) is 0 Å². The van der Waals surface area contributed by atoms with Crippen molar-refractivity contribution < 1.29 is 49.6 Å². The van der Waals surface area contributed by atoms with E-state index in [-0.39, 0.29) is 34.1 Å². The lowest BCUT2D eigenvalue weighted by molar-refractivity contribution is -0.116. The lowest BCUT2D eigenvalue weighted by Crippen LogP contribution is -2.35. The van der Waals surface area contributed by atoms with Gasteiger partial charge in [-0.2, -0.15) is 0 Å². The van der Waals surface area contributed by atoms with Crippen molar-refractivity contribution in [2.75, 3.05) is 13.7 Å². The van der Waals surface area contributed by atoms with Crippen molar-refractivity contribution >= 4 is 5.78 Å². The van der Waals surface area contributed by atoms with E-state index >= 15 is 0 Å². The number of carbonyl (C=O) groups excluding carboxylic acids is 1. The molecule has 0 amide bonds. The molecule has 0 spiro atoms. The van der Waals surface area contributed by atoms with Crippen LogP contribution in [-0.2, 0) is 4.74 Å². The summed E-state index contributed by atoms with van der Waals surface area (Å²) in [5.41, 5.74) is -0.498. The molecule has 2 aromatic carbocycles.